The standard InChI is InChI=1S/C36H40ClFN8O2/c1-21(2)30-34(31(22(3)4)42-20-41-30)46-35-25(18-27(37)32(43-35)24-10-7-8-11-28(24)38)33(26(19-39)36(46)48)45-16-14-44(15-17-45)29(47)12-9-13-40-23(5)6/h7-12,18,20-23,40H,13-17H2,1-6H3/b12-9+. The molecule has 10 nitrogen and oxygen atoms in total. The van der Waals surface area contributed by atoms with Crippen molar-refractivity contribution in [1.29, 1.82) is 5.26 Å². The molecule has 0 radical (unpaired) electrons. The van der Waals surface area contributed by atoms with Gasteiger partial charge >= 0.3 is 0 Å². The summed E-state index contributed by atoms with van der Waals surface area (Å²) in [5, 5.41) is 14.4. The number of pyridine rings is 2. The van der Waals surface area contributed by atoms with E-state index in [1.807, 2.05) is 46.4 Å². The molecule has 4 aromatic rings. The minimum absolute atomic E-state index is 0.0910. The van der Waals surface area contributed by atoms with E-state index in [4.69, 9.17) is 16.6 Å². The highest BCUT2D eigenvalue weighted by Gasteiger charge is 2.30. The fraction of sp³-hybridized carbons (Fsp3) is 0.389. The Morgan fingerprint density at radius 2 is 1.69 bits per heavy atom. The van der Waals surface area contributed by atoms with E-state index in [9.17, 15) is 14.9 Å². The van der Waals surface area contributed by atoms with E-state index in [1.165, 1.54) is 17.0 Å². The van der Waals surface area contributed by atoms with E-state index in [2.05, 4.69) is 21.4 Å². The monoisotopic (exact) mass is 670 g/mol. The molecule has 1 aliphatic rings. The Morgan fingerprint density at radius 3 is 2.27 bits per heavy atom. The number of anilines is 1. The third-order valence-electron chi connectivity index (χ3n) is 8.33. The third-order valence-corrected chi connectivity index (χ3v) is 8.61. The van der Waals surface area contributed by atoms with Gasteiger partial charge in [0, 0.05) is 55.8 Å². The summed E-state index contributed by atoms with van der Waals surface area (Å²) in [7, 11) is 0. The number of nitrogens with one attached hydrogen (secondary N) is 1. The number of nitriles is 1. The Hall–Kier alpha value is -4.66. The smallest absolute Gasteiger partial charge is 0.276 e. The zero-order valence-electron chi connectivity index (χ0n) is 28.1. The lowest BCUT2D eigenvalue weighted by Crippen LogP contribution is -2.49. The zero-order valence-corrected chi connectivity index (χ0v) is 28.8. The predicted molar refractivity (Wildman–Crippen MR) is 187 cm³/mol. The van der Waals surface area contributed by atoms with Gasteiger partial charge in [-0.2, -0.15) is 5.26 Å². The number of rotatable bonds is 9. The second kappa shape index (κ2) is 14.6. The molecule has 1 fully saturated rings. The molecule has 0 atom stereocenters. The van der Waals surface area contributed by atoms with Crippen LogP contribution in [0.15, 0.2) is 53.6 Å². The number of carbonyl (C=O) groups excluding carboxylic acids is 1. The van der Waals surface area contributed by atoms with Crippen molar-refractivity contribution in [2.24, 2.45) is 0 Å². The SMILES string of the molecule is CC(C)NC/C=C/C(=O)N1CCN(c2c(C#N)c(=O)n(-c3c(C(C)C)ncnc3C(C)C)c3nc(-c4ccccc4F)c(Cl)cc23)CC1. The third kappa shape index (κ3) is 6.82. The first kappa shape index (κ1) is 34.7. The topological polar surface area (TPSA) is 120 Å². The van der Waals surface area contributed by atoms with Gasteiger partial charge in [-0.15, -0.1) is 0 Å². The van der Waals surface area contributed by atoms with Gasteiger partial charge in [0.2, 0.25) is 5.91 Å². The van der Waals surface area contributed by atoms with Gasteiger partial charge in [-0.3, -0.25) is 14.2 Å². The Balaban J connectivity index is 1.72. The van der Waals surface area contributed by atoms with Crippen molar-refractivity contribution in [3.8, 4) is 23.0 Å². The van der Waals surface area contributed by atoms with Crippen molar-refractivity contribution in [2.45, 2.75) is 59.4 Å². The van der Waals surface area contributed by atoms with Crippen LogP contribution in [0.1, 0.15) is 70.3 Å². The van der Waals surface area contributed by atoms with Crippen LogP contribution in [0, 0.1) is 17.1 Å². The number of fused-ring (bicyclic) bond motifs is 1. The fourth-order valence-electron chi connectivity index (χ4n) is 5.95. The summed E-state index contributed by atoms with van der Waals surface area (Å²) >= 11 is 6.85. The molecule has 0 spiro atoms. The van der Waals surface area contributed by atoms with Crippen LogP contribution in [0.4, 0.5) is 10.1 Å². The van der Waals surface area contributed by atoms with Crippen molar-refractivity contribution in [2.75, 3.05) is 37.6 Å². The van der Waals surface area contributed by atoms with Gasteiger partial charge in [-0.25, -0.2) is 19.3 Å². The number of hydrogen-bond donors (Lipinski definition) is 1. The number of aromatic nitrogens is 4. The molecule has 250 valence electrons. The summed E-state index contributed by atoms with van der Waals surface area (Å²) in [6.45, 7) is 14.0. The van der Waals surface area contributed by atoms with Gasteiger partial charge in [0.25, 0.3) is 5.56 Å². The normalized spacial score (nSPS) is 13.8. The number of halogens is 2. The van der Waals surface area contributed by atoms with Crippen LogP contribution in [0.2, 0.25) is 5.02 Å². The van der Waals surface area contributed by atoms with Crippen molar-refractivity contribution >= 4 is 34.2 Å². The lowest BCUT2D eigenvalue weighted by atomic mass is 10.00. The Kier molecular flexibility index (Phi) is 10.6. The summed E-state index contributed by atoms with van der Waals surface area (Å²) in [6.07, 6.45) is 4.85. The Bertz CT molecular complexity index is 1950. The van der Waals surface area contributed by atoms with E-state index in [0.29, 0.717) is 66.9 Å². The maximum Gasteiger partial charge on any atom is 0.276 e. The van der Waals surface area contributed by atoms with E-state index in [-0.39, 0.29) is 45.2 Å². The number of amides is 1. The molecular weight excluding hydrogens is 631 g/mol. The maximum absolute atomic E-state index is 15.1. The maximum atomic E-state index is 15.1. The van der Waals surface area contributed by atoms with E-state index >= 15 is 4.39 Å². The number of carbonyl (C=O) groups is 1. The minimum atomic E-state index is -0.591. The average molecular weight is 671 g/mol. The molecule has 1 saturated heterocycles. The Labute approximate surface area is 284 Å². The van der Waals surface area contributed by atoms with Gasteiger partial charge in [0.15, 0.2) is 0 Å². The van der Waals surface area contributed by atoms with Crippen molar-refractivity contribution in [1.82, 2.24) is 29.7 Å². The molecule has 48 heavy (non-hydrogen) atoms. The highest BCUT2D eigenvalue weighted by Crippen LogP contribution is 2.38. The van der Waals surface area contributed by atoms with E-state index in [1.54, 1.807) is 41.3 Å². The first-order valence-corrected chi connectivity index (χ1v) is 16.6. The van der Waals surface area contributed by atoms with E-state index in [0.717, 1.165) is 0 Å². The van der Waals surface area contributed by atoms with Crippen LogP contribution in [-0.4, -0.2) is 69.1 Å². The molecule has 5 rings (SSSR count). The molecule has 1 N–H and O–H groups in total. The number of nitrogens with zero attached hydrogens (tertiary/aromatic N) is 7. The molecule has 0 unspecified atom stereocenters. The average Bonchev–Trinajstić information content (AvgIpc) is 3.06. The lowest BCUT2D eigenvalue weighted by molar-refractivity contribution is -0.126. The second-order valence-corrected chi connectivity index (χ2v) is 13.1. The van der Waals surface area contributed by atoms with Gasteiger partial charge in [0.1, 0.15) is 29.4 Å². The quantitative estimate of drug-likeness (QED) is 0.217. The summed E-state index contributed by atoms with van der Waals surface area (Å²) in [5.74, 6) is -0.831. The fourth-order valence-corrected chi connectivity index (χ4v) is 6.20. The molecule has 12 heteroatoms. The van der Waals surface area contributed by atoms with Crippen molar-refractivity contribution in [3.05, 3.63) is 87.0 Å². The number of piperazine rings is 1. The van der Waals surface area contributed by atoms with Crippen LogP contribution in [0.5, 0.6) is 0 Å². The molecule has 0 bridgehead atoms. The van der Waals surface area contributed by atoms with Gasteiger partial charge < -0.3 is 15.1 Å². The first-order valence-electron chi connectivity index (χ1n) is 16.2. The minimum Gasteiger partial charge on any atom is -0.366 e. The van der Waals surface area contributed by atoms with Gasteiger partial charge in [0.05, 0.1) is 33.5 Å². The summed E-state index contributed by atoms with van der Waals surface area (Å²) in [6, 6.07) is 10.3. The van der Waals surface area contributed by atoms with Crippen molar-refractivity contribution < 1.29 is 9.18 Å². The Morgan fingerprint density at radius 1 is 1.04 bits per heavy atom. The summed E-state index contributed by atoms with van der Waals surface area (Å²) < 4.78 is 16.5. The first-order chi connectivity index (χ1) is 22.9. The molecular formula is C36H40ClFN8O2. The van der Waals surface area contributed by atoms with Crippen LogP contribution < -0.4 is 15.8 Å². The molecule has 3 aromatic heterocycles. The number of benzene rings is 1. The van der Waals surface area contributed by atoms with E-state index < -0.39 is 11.4 Å². The molecule has 1 aliphatic heterocycles. The van der Waals surface area contributed by atoms with Crippen LogP contribution >= 0.6 is 11.6 Å². The summed E-state index contributed by atoms with van der Waals surface area (Å²) in [5.41, 5.74) is 1.91. The highest BCUT2D eigenvalue weighted by molar-refractivity contribution is 6.34. The molecule has 1 amide bonds. The van der Waals surface area contributed by atoms with Crippen LogP contribution in [0.3, 0.4) is 0 Å². The lowest BCUT2D eigenvalue weighted by Gasteiger charge is -2.36. The molecule has 0 saturated carbocycles. The molecule has 4 heterocycles. The van der Waals surface area contributed by atoms with Crippen molar-refractivity contribution in [3.63, 3.8) is 0 Å². The van der Waals surface area contributed by atoms with Gasteiger partial charge in [-0.05, 0) is 30.0 Å². The van der Waals surface area contributed by atoms with Gasteiger partial charge in [-0.1, -0.05) is 71.4 Å². The molecule has 1 aromatic carbocycles. The number of hydrogen-bond acceptors (Lipinski definition) is 8. The van der Waals surface area contributed by atoms with Crippen LogP contribution in [0.25, 0.3) is 28.0 Å². The molecule has 0 aliphatic carbocycles. The summed E-state index contributed by atoms with van der Waals surface area (Å²) in [4.78, 5) is 45.2. The predicted octanol–water partition coefficient (Wildman–Crippen LogP) is 5.96. The largest absolute Gasteiger partial charge is 0.366 e. The highest BCUT2D eigenvalue weighted by atomic mass is 35.5. The second-order valence-electron chi connectivity index (χ2n) is 12.7. The van der Waals surface area contributed by atoms with Crippen LogP contribution in [-0.2, 0) is 4.79 Å². The zero-order chi connectivity index (χ0) is 34.7.